The van der Waals surface area contributed by atoms with Crippen LogP contribution in [-0.2, 0) is 11.3 Å². The number of hydrogen-bond donors (Lipinski definition) is 3. The molecule has 1 saturated carbocycles. The summed E-state index contributed by atoms with van der Waals surface area (Å²) < 4.78 is 0. The molecule has 0 unspecified atom stereocenters. The molecule has 0 saturated heterocycles. The molecule has 1 fully saturated rings. The monoisotopic (exact) mass is 397 g/mol. The Morgan fingerprint density at radius 3 is 2.79 bits per heavy atom. The van der Waals surface area contributed by atoms with Crippen LogP contribution in [0.5, 0.6) is 0 Å². The predicted octanol–water partition coefficient (Wildman–Crippen LogP) is 4.21. The van der Waals surface area contributed by atoms with Crippen LogP contribution in [0.25, 0.3) is 10.9 Å². The molecule has 3 aromatic rings. The number of halogens is 1. The van der Waals surface area contributed by atoms with Gasteiger partial charge in [0.1, 0.15) is 5.82 Å². The number of aromatic nitrogens is 3. The van der Waals surface area contributed by atoms with Crippen molar-refractivity contribution >= 4 is 34.2 Å². The van der Waals surface area contributed by atoms with Crippen LogP contribution in [0.15, 0.2) is 36.5 Å². The van der Waals surface area contributed by atoms with E-state index in [0.29, 0.717) is 12.6 Å². The minimum Gasteiger partial charge on any atom is -0.367 e. The Kier molecular flexibility index (Phi) is 5.48. The maximum atomic E-state index is 12.4. The number of aryl methyl sites for hydroxylation is 1. The summed E-state index contributed by atoms with van der Waals surface area (Å²) in [6.45, 7) is 2.58. The quantitative estimate of drug-likeness (QED) is 0.602. The summed E-state index contributed by atoms with van der Waals surface area (Å²) in [6, 6.07) is 10.1. The molecular formula is C21H24ClN5O. The largest absolute Gasteiger partial charge is 0.367 e. The summed E-state index contributed by atoms with van der Waals surface area (Å²) >= 11 is 6.10. The van der Waals surface area contributed by atoms with Crippen molar-refractivity contribution in [2.75, 3.05) is 5.32 Å². The molecule has 1 aliphatic rings. The summed E-state index contributed by atoms with van der Waals surface area (Å²) in [6.07, 6.45) is 5.38. The van der Waals surface area contributed by atoms with Gasteiger partial charge in [-0.05, 0) is 68.5 Å². The lowest BCUT2D eigenvalue weighted by molar-refractivity contribution is -0.126. The fourth-order valence-corrected chi connectivity index (χ4v) is 4.03. The van der Waals surface area contributed by atoms with Crippen molar-refractivity contribution < 1.29 is 4.79 Å². The first kappa shape index (κ1) is 18.7. The maximum Gasteiger partial charge on any atom is 0.223 e. The van der Waals surface area contributed by atoms with Crippen molar-refractivity contribution in [3.8, 4) is 0 Å². The van der Waals surface area contributed by atoms with Gasteiger partial charge in [0.25, 0.3) is 0 Å². The summed E-state index contributed by atoms with van der Waals surface area (Å²) in [5, 5.41) is 15.1. The second-order valence-electron chi connectivity index (χ2n) is 7.48. The fourth-order valence-electron chi connectivity index (χ4n) is 3.86. The number of aromatic amines is 1. The van der Waals surface area contributed by atoms with E-state index in [4.69, 9.17) is 16.6 Å². The van der Waals surface area contributed by atoms with Gasteiger partial charge in [-0.2, -0.15) is 5.10 Å². The van der Waals surface area contributed by atoms with E-state index in [1.165, 1.54) is 0 Å². The van der Waals surface area contributed by atoms with Crippen LogP contribution >= 0.6 is 11.6 Å². The van der Waals surface area contributed by atoms with Gasteiger partial charge < -0.3 is 10.6 Å². The van der Waals surface area contributed by atoms with Crippen molar-refractivity contribution in [1.29, 1.82) is 0 Å². The number of anilines is 1. The van der Waals surface area contributed by atoms with Crippen LogP contribution < -0.4 is 10.6 Å². The number of pyridine rings is 1. The smallest absolute Gasteiger partial charge is 0.223 e. The van der Waals surface area contributed by atoms with Gasteiger partial charge in [0, 0.05) is 28.6 Å². The van der Waals surface area contributed by atoms with E-state index >= 15 is 0 Å². The van der Waals surface area contributed by atoms with Gasteiger partial charge in [0.15, 0.2) is 0 Å². The third-order valence-corrected chi connectivity index (χ3v) is 5.67. The Hall–Kier alpha value is -2.60. The number of nitrogens with zero attached hydrogens (tertiary/aromatic N) is 2. The minimum absolute atomic E-state index is 0.0782. The second kappa shape index (κ2) is 8.19. The minimum atomic E-state index is 0.0782. The molecule has 2 aromatic heterocycles. The number of carbonyl (C=O) groups excluding carboxylic acids is 1. The van der Waals surface area contributed by atoms with E-state index in [9.17, 15) is 4.79 Å². The number of carbonyl (C=O) groups is 1. The summed E-state index contributed by atoms with van der Waals surface area (Å²) in [4.78, 5) is 17.1. The van der Waals surface area contributed by atoms with Gasteiger partial charge in [0.05, 0.1) is 17.8 Å². The topological polar surface area (TPSA) is 82.7 Å². The van der Waals surface area contributed by atoms with Gasteiger partial charge in [-0.3, -0.25) is 9.89 Å². The molecule has 4 rings (SSSR count). The van der Waals surface area contributed by atoms with Crippen LogP contribution in [0, 0.1) is 12.8 Å². The van der Waals surface area contributed by atoms with Crippen molar-refractivity contribution in [3.63, 3.8) is 0 Å². The maximum absolute atomic E-state index is 12.4. The molecule has 0 atom stereocenters. The number of amides is 1. The van der Waals surface area contributed by atoms with Crippen LogP contribution in [0.3, 0.4) is 0 Å². The molecule has 3 N–H and O–H groups in total. The number of rotatable bonds is 5. The highest BCUT2D eigenvalue weighted by Crippen LogP contribution is 2.28. The van der Waals surface area contributed by atoms with E-state index in [-0.39, 0.29) is 11.8 Å². The SMILES string of the molecule is Cc1cc(NC2CCC(C(=O)NCc3ccn[nH]3)CC2)nc2ccc(Cl)cc12. The average molecular weight is 398 g/mol. The number of benzene rings is 1. The number of hydrogen-bond acceptors (Lipinski definition) is 4. The fraction of sp³-hybridized carbons (Fsp3) is 0.381. The highest BCUT2D eigenvalue weighted by molar-refractivity contribution is 6.31. The number of H-pyrrole nitrogens is 1. The summed E-state index contributed by atoms with van der Waals surface area (Å²) in [5.74, 6) is 1.10. The van der Waals surface area contributed by atoms with Gasteiger partial charge in [-0.1, -0.05) is 11.6 Å². The molecular weight excluding hydrogens is 374 g/mol. The molecule has 1 amide bonds. The lowest BCUT2D eigenvalue weighted by Crippen LogP contribution is -2.35. The molecule has 28 heavy (non-hydrogen) atoms. The standard InChI is InChI=1S/C21H24ClN5O/c1-13-10-20(26-19-7-4-15(22)11-18(13)19)25-16-5-2-14(3-6-16)21(28)23-12-17-8-9-24-27-17/h4,7-11,14,16H,2-3,5-6,12H2,1H3,(H,23,28)(H,24,27)(H,25,26). The lowest BCUT2D eigenvalue weighted by Gasteiger charge is -2.29. The van der Waals surface area contributed by atoms with Gasteiger partial charge in [-0.25, -0.2) is 4.98 Å². The second-order valence-corrected chi connectivity index (χ2v) is 7.91. The van der Waals surface area contributed by atoms with E-state index < -0.39 is 0 Å². The molecule has 1 aromatic carbocycles. The van der Waals surface area contributed by atoms with Crippen molar-refractivity contribution in [3.05, 3.63) is 52.8 Å². The Morgan fingerprint density at radius 1 is 1.21 bits per heavy atom. The van der Waals surface area contributed by atoms with E-state index in [1.54, 1.807) is 6.20 Å². The highest BCUT2D eigenvalue weighted by atomic mass is 35.5. The lowest BCUT2D eigenvalue weighted by atomic mass is 9.85. The first-order valence-electron chi connectivity index (χ1n) is 9.68. The van der Waals surface area contributed by atoms with E-state index in [1.807, 2.05) is 24.3 Å². The van der Waals surface area contributed by atoms with E-state index in [0.717, 1.165) is 58.7 Å². The third-order valence-electron chi connectivity index (χ3n) is 5.44. The number of nitrogens with one attached hydrogen (secondary N) is 3. The molecule has 146 valence electrons. The van der Waals surface area contributed by atoms with Crippen molar-refractivity contribution in [1.82, 2.24) is 20.5 Å². The molecule has 2 heterocycles. The zero-order valence-electron chi connectivity index (χ0n) is 15.8. The zero-order chi connectivity index (χ0) is 19.5. The molecule has 7 heteroatoms. The predicted molar refractivity (Wildman–Crippen MR) is 111 cm³/mol. The van der Waals surface area contributed by atoms with Crippen molar-refractivity contribution in [2.24, 2.45) is 5.92 Å². The molecule has 6 nitrogen and oxygen atoms in total. The van der Waals surface area contributed by atoms with Crippen LogP contribution in [0.1, 0.15) is 36.9 Å². The Labute approximate surface area is 169 Å². The molecule has 0 aliphatic heterocycles. The van der Waals surface area contributed by atoms with Gasteiger partial charge in [-0.15, -0.1) is 0 Å². The van der Waals surface area contributed by atoms with E-state index in [2.05, 4.69) is 33.8 Å². The Balaban J connectivity index is 1.32. The van der Waals surface area contributed by atoms with Gasteiger partial charge in [0.2, 0.25) is 5.91 Å². The average Bonchev–Trinajstić information content (AvgIpc) is 3.21. The Bertz CT molecular complexity index is 964. The third kappa shape index (κ3) is 4.28. The van der Waals surface area contributed by atoms with Gasteiger partial charge >= 0.3 is 0 Å². The first-order valence-corrected chi connectivity index (χ1v) is 10.1. The van der Waals surface area contributed by atoms with Crippen LogP contribution in [0.4, 0.5) is 5.82 Å². The summed E-state index contributed by atoms with van der Waals surface area (Å²) in [5.41, 5.74) is 3.02. The Morgan fingerprint density at radius 2 is 2.04 bits per heavy atom. The molecule has 1 aliphatic carbocycles. The molecule has 0 bridgehead atoms. The summed E-state index contributed by atoms with van der Waals surface area (Å²) in [7, 11) is 0. The normalized spacial score (nSPS) is 19.5. The molecule has 0 radical (unpaired) electrons. The highest BCUT2D eigenvalue weighted by Gasteiger charge is 2.26. The zero-order valence-corrected chi connectivity index (χ0v) is 16.6. The van der Waals surface area contributed by atoms with Crippen LogP contribution in [-0.4, -0.2) is 27.1 Å². The molecule has 0 spiro atoms. The number of fused-ring (bicyclic) bond motifs is 1. The van der Waals surface area contributed by atoms with Crippen LogP contribution in [0.2, 0.25) is 5.02 Å². The van der Waals surface area contributed by atoms with Crippen molar-refractivity contribution in [2.45, 2.75) is 45.2 Å². The first-order chi connectivity index (χ1) is 13.6.